The van der Waals surface area contributed by atoms with Gasteiger partial charge in [-0.2, -0.15) is 5.10 Å². The van der Waals surface area contributed by atoms with E-state index in [2.05, 4.69) is 30.2 Å². The van der Waals surface area contributed by atoms with Gasteiger partial charge >= 0.3 is 0 Å². The maximum absolute atomic E-state index is 5.79. The van der Waals surface area contributed by atoms with Crippen LogP contribution in [0, 0.1) is 13.8 Å². The number of benzene rings is 1. The van der Waals surface area contributed by atoms with Gasteiger partial charge in [0.05, 0.1) is 17.8 Å². The minimum Gasteiger partial charge on any atom is -0.326 e. The Hall–Kier alpha value is -1.35. The molecular weight excluding hydrogens is 186 g/mol. The van der Waals surface area contributed by atoms with Crippen molar-refractivity contribution in [2.45, 2.75) is 33.4 Å². The molecule has 0 aliphatic carbocycles. The van der Waals surface area contributed by atoms with E-state index < -0.39 is 0 Å². The SMILES string of the molecule is Cc1ccc2c(c1)c(C)nn2CC(C)N. The third kappa shape index (κ3) is 1.88. The maximum atomic E-state index is 5.79. The van der Waals surface area contributed by atoms with E-state index in [9.17, 15) is 0 Å². The van der Waals surface area contributed by atoms with E-state index in [-0.39, 0.29) is 6.04 Å². The average molecular weight is 203 g/mol. The molecule has 0 amide bonds. The minimum absolute atomic E-state index is 0.133. The van der Waals surface area contributed by atoms with Gasteiger partial charge in [0, 0.05) is 11.4 Å². The van der Waals surface area contributed by atoms with E-state index in [4.69, 9.17) is 5.73 Å². The summed E-state index contributed by atoms with van der Waals surface area (Å²) in [5.41, 5.74) is 9.32. The summed E-state index contributed by atoms with van der Waals surface area (Å²) in [6.07, 6.45) is 0. The lowest BCUT2D eigenvalue weighted by Crippen LogP contribution is -2.22. The highest BCUT2D eigenvalue weighted by Gasteiger charge is 2.07. The number of nitrogens with two attached hydrogens (primary N) is 1. The van der Waals surface area contributed by atoms with Crippen LogP contribution in [0.5, 0.6) is 0 Å². The summed E-state index contributed by atoms with van der Waals surface area (Å²) in [5, 5.41) is 5.74. The third-order valence-electron chi connectivity index (χ3n) is 2.55. The largest absolute Gasteiger partial charge is 0.326 e. The Balaban J connectivity index is 2.57. The van der Waals surface area contributed by atoms with Crippen LogP contribution in [0.25, 0.3) is 10.9 Å². The molecular formula is C12H17N3. The van der Waals surface area contributed by atoms with Crippen LogP contribution >= 0.6 is 0 Å². The maximum Gasteiger partial charge on any atom is 0.0686 e. The van der Waals surface area contributed by atoms with Gasteiger partial charge < -0.3 is 5.73 Å². The lowest BCUT2D eigenvalue weighted by atomic mass is 10.1. The second-order valence-electron chi connectivity index (χ2n) is 4.27. The van der Waals surface area contributed by atoms with Crippen molar-refractivity contribution in [1.82, 2.24) is 9.78 Å². The first-order valence-electron chi connectivity index (χ1n) is 5.27. The standard InChI is InChI=1S/C12H17N3/c1-8-4-5-12-11(6-8)10(3)14-15(12)7-9(2)13/h4-6,9H,7,13H2,1-3H3. The van der Waals surface area contributed by atoms with Crippen LogP contribution in [0.15, 0.2) is 18.2 Å². The Kier molecular flexibility index (Phi) is 2.49. The van der Waals surface area contributed by atoms with Gasteiger partial charge in [0.2, 0.25) is 0 Å². The summed E-state index contributed by atoms with van der Waals surface area (Å²) >= 11 is 0. The number of aromatic nitrogens is 2. The molecule has 1 aromatic carbocycles. The summed E-state index contributed by atoms with van der Waals surface area (Å²) in [5.74, 6) is 0. The molecule has 2 aromatic rings. The second kappa shape index (κ2) is 3.66. The molecule has 1 unspecified atom stereocenters. The van der Waals surface area contributed by atoms with Crippen molar-refractivity contribution in [1.29, 1.82) is 0 Å². The number of rotatable bonds is 2. The quantitative estimate of drug-likeness (QED) is 0.811. The lowest BCUT2D eigenvalue weighted by molar-refractivity contribution is 0.550. The lowest BCUT2D eigenvalue weighted by Gasteiger charge is -2.06. The Morgan fingerprint density at radius 1 is 1.40 bits per heavy atom. The molecule has 0 aliphatic rings. The molecule has 2 rings (SSSR count). The van der Waals surface area contributed by atoms with Crippen molar-refractivity contribution in [3.05, 3.63) is 29.5 Å². The first kappa shape index (κ1) is 10.2. The van der Waals surface area contributed by atoms with E-state index in [1.165, 1.54) is 16.5 Å². The number of aryl methyl sites for hydroxylation is 2. The van der Waals surface area contributed by atoms with Gasteiger partial charge in [-0.3, -0.25) is 4.68 Å². The highest BCUT2D eigenvalue weighted by Crippen LogP contribution is 2.19. The fourth-order valence-corrected chi connectivity index (χ4v) is 1.87. The molecule has 1 heterocycles. The summed E-state index contributed by atoms with van der Waals surface area (Å²) in [7, 11) is 0. The molecule has 2 N–H and O–H groups in total. The number of hydrogen-bond donors (Lipinski definition) is 1. The monoisotopic (exact) mass is 203 g/mol. The van der Waals surface area contributed by atoms with Crippen molar-refractivity contribution in [3.63, 3.8) is 0 Å². The van der Waals surface area contributed by atoms with Gasteiger partial charge in [0.1, 0.15) is 0 Å². The Bertz CT molecular complexity index is 483. The summed E-state index contributed by atoms with van der Waals surface area (Å²) < 4.78 is 1.99. The molecule has 0 fully saturated rings. The van der Waals surface area contributed by atoms with E-state index >= 15 is 0 Å². The molecule has 1 atom stereocenters. The smallest absolute Gasteiger partial charge is 0.0686 e. The van der Waals surface area contributed by atoms with E-state index in [1.807, 2.05) is 18.5 Å². The molecule has 0 saturated heterocycles. The molecule has 0 radical (unpaired) electrons. The first-order chi connectivity index (χ1) is 7.08. The molecule has 15 heavy (non-hydrogen) atoms. The second-order valence-corrected chi connectivity index (χ2v) is 4.27. The van der Waals surface area contributed by atoms with Crippen molar-refractivity contribution >= 4 is 10.9 Å². The number of hydrogen-bond acceptors (Lipinski definition) is 2. The van der Waals surface area contributed by atoms with Crippen LogP contribution in [-0.4, -0.2) is 15.8 Å². The predicted molar refractivity (Wildman–Crippen MR) is 62.9 cm³/mol. The number of nitrogens with zero attached hydrogens (tertiary/aromatic N) is 2. The normalized spacial score (nSPS) is 13.3. The van der Waals surface area contributed by atoms with Gasteiger partial charge in [-0.1, -0.05) is 11.6 Å². The van der Waals surface area contributed by atoms with Gasteiger partial charge in [0.15, 0.2) is 0 Å². The highest BCUT2D eigenvalue weighted by molar-refractivity contribution is 5.82. The number of fused-ring (bicyclic) bond motifs is 1. The van der Waals surface area contributed by atoms with Crippen LogP contribution in [0.2, 0.25) is 0 Å². The molecule has 0 spiro atoms. The summed E-state index contributed by atoms with van der Waals surface area (Å²) in [6, 6.07) is 6.54. The van der Waals surface area contributed by atoms with Crippen LogP contribution < -0.4 is 5.73 Å². The minimum atomic E-state index is 0.133. The van der Waals surface area contributed by atoms with Crippen molar-refractivity contribution in [2.75, 3.05) is 0 Å². The highest BCUT2D eigenvalue weighted by atomic mass is 15.3. The predicted octanol–water partition coefficient (Wildman–Crippen LogP) is 2.00. The van der Waals surface area contributed by atoms with Gasteiger partial charge in [-0.25, -0.2) is 0 Å². The van der Waals surface area contributed by atoms with Gasteiger partial charge in [-0.05, 0) is 32.9 Å². The summed E-state index contributed by atoms with van der Waals surface area (Å²) in [6.45, 7) is 6.91. The third-order valence-corrected chi connectivity index (χ3v) is 2.55. The Morgan fingerprint density at radius 2 is 2.13 bits per heavy atom. The zero-order valence-corrected chi connectivity index (χ0v) is 9.49. The molecule has 3 nitrogen and oxygen atoms in total. The molecule has 0 bridgehead atoms. The average Bonchev–Trinajstić information content (AvgIpc) is 2.42. The molecule has 0 saturated carbocycles. The Morgan fingerprint density at radius 3 is 2.80 bits per heavy atom. The topological polar surface area (TPSA) is 43.8 Å². The fraction of sp³-hybridized carbons (Fsp3) is 0.417. The Labute approximate surface area is 89.9 Å². The molecule has 80 valence electrons. The van der Waals surface area contributed by atoms with Crippen LogP contribution in [0.1, 0.15) is 18.2 Å². The van der Waals surface area contributed by atoms with Crippen molar-refractivity contribution in [3.8, 4) is 0 Å². The zero-order valence-electron chi connectivity index (χ0n) is 9.49. The summed E-state index contributed by atoms with van der Waals surface area (Å²) in [4.78, 5) is 0. The molecule has 1 aromatic heterocycles. The van der Waals surface area contributed by atoms with Crippen LogP contribution in [0.4, 0.5) is 0 Å². The first-order valence-corrected chi connectivity index (χ1v) is 5.27. The molecule has 3 heteroatoms. The fourth-order valence-electron chi connectivity index (χ4n) is 1.87. The van der Waals surface area contributed by atoms with E-state index in [1.54, 1.807) is 0 Å². The van der Waals surface area contributed by atoms with Gasteiger partial charge in [-0.15, -0.1) is 0 Å². The van der Waals surface area contributed by atoms with Gasteiger partial charge in [0.25, 0.3) is 0 Å². The van der Waals surface area contributed by atoms with Crippen LogP contribution in [-0.2, 0) is 6.54 Å². The molecule has 0 aliphatic heterocycles. The zero-order chi connectivity index (χ0) is 11.0. The van der Waals surface area contributed by atoms with Crippen LogP contribution in [0.3, 0.4) is 0 Å². The van der Waals surface area contributed by atoms with Crippen molar-refractivity contribution < 1.29 is 0 Å². The van der Waals surface area contributed by atoms with E-state index in [0.717, 1.165) is 12.2 Å². The van der Waals surface area contributed by atoms with Crippen molar-refractivity contribution in [2.24, 2.45) is 5.73 Å². The van der Waals surface area contributed by atoms with E-state index in [0.29, 0.717) is 0 Å².